The van der Waals surface area contributed by atoms with Crippen molar-refractivity contribution in [2.24, 2.45) is 0 Å². The highest BCUT2D eigenvalue weighted by molar-refractivity contribution is 6.28. The molecule has 29 rings (SSSR count). The van der Waals surface area contributed by atoms with Crippen LogP contribution in [0.5, 0.6) is 0 Å². The largest absolute Gasteiger partial charge is 0.310 e. The Morgan fingerprint density at radius 1 is 0.118 bits per heavy atom. The van der Waals surface area contributed by atoms with Gasteiger partial charge in [0, 0.05) is 33.9 Å². The Labute approximate surface area is 788 Å². The summed E-state index contributed by atoms with van der Waals surface area (Å²) in [5, 5.41) is 21.8. The number of benzene rings is 25. The molecule has 0 saturated heterocycles. The van der Waals surface area contributed by atoms with Crippen LogP contribution in [0.15, 0.2) is 497 Å². The Bertz CT molecular complexity index is 9300. The molecule has 0 aliphatic heterocycles. The second kappa shape index (κ2) is 29.5. The normalized spacial score (nSPS) is 13.1. The lowest BCUT2D eigenvalue weighted by Gasteiger charge is -2.34. The maximum absolute atomic E-state index is 2.62. The van der Waals surface area contributed by atoms with E-state index in [1.807, 2.05) is 0 Å². The molecule has 2 spiro atoms. The molecule has 2 nitrogen and oxygen atoms in total. The van der Waals surface area contributed by atoms with Crippen molar-refractivity contribution in [3.63, 3.8) is 0 Å². The third-order valence-electron chi connectivity index (χ3n) is 30.8. The highest BCUT2D eigenvalue weighted by Crippen LogP contribution is 2.68. The van der Waals surface area contributed by atoms with Crippen molar-refractivity contribution < 1.29 is 0 Å². The zero-order valence-corrected chi connectivity index (χ0v) is 74.2. The quantitative estimate of drug-likeness (QED) is 0.119. The van der Waals surface area contributed by atoms with Gasteiger partial charge in [-0.2, -0.15) is 0 Å². The van der Waals surface area contributed by atoms with E-state index in [-0.39, 0.29) is 0 Å². The molecule has 0 bridgehead atoms. The second-order valence-electron chi connectivity index (χ2n) is 37.4. The molecule has 0 saturated carbocycles. The Morgan fingerprint density at radius 2 is 0.404 bits per heavy atom. The maximum Gasteiger partial charge on any atom is 0.0726 e. The predicted molar refractivity (Wildman–Crippen MR) is 573 cm³/mol. The van der Waals surface area contributed by atoms with Gasteiger partial charge in [-0.3, -0.25) is 0 Å². The van der Waals surface area contributed by atoms with E-state index in [4.69, 9.17) is 0 Å². The minimum Gasteiger partial charge on any atom is -0.310 e. The first-order valence-electron chi connectivity index (χ1n) is 47.5. The summed E-state index contributed by atoms with van der Waals surface area (Å²) < 4.78 is 0. The molecule has 25 aromatic carbocycles. The topological polar surface area (TPSA) is 6.48 Å². The van der Waals surface area contributed by atoms with Crippen molar-refractivity contribution in [3.8, 4) is 100 Å². The fraction of sp³-hybridized carbons (Fsp3) is 0.0149. The minimum atomic E-state index is -0.625. The van der Waals surface area contributed by atoms with Gasteiger partial charge in [0.15, 0.2) is 0 Å². The zero-order valence-electron chi connectivity index (χ0n) is 74.2. The van der Waals surface area contributed by atoms with Crippen LogP contribution in [-0.4, -0.2) is 0 Å². The van der Waals surface area contributed by atoms with Crippen LogP contribution in [0, 0.1) is 0 Å². The first-order chi connectivity index (χ1) is 67.4. The van der Waals surface area contributed by atoms with Crippen molar-refractivity contribution in [2.45, 2.75) is 10.8 Å². The summed E-state index contributed by atoms with van der Waals surface area (Å²) >= 11 is 0. The molecule has 0 atom stereocenters. The zero-order chi connectivity index (χ0) is 89.0. The Balaban J connectivity index is 0.613. The van der Waals surface area contributed by atoms with Gasteiger partial charge < -0.3 is 9.80 Å². The van der Waals surface area contributed by atoms with Crippen LogP contribution in [0.2, 0.25) is 0 Å². The summed E-state index contributed by atoms with van der Waals surface area (Å²) in [5.41, 5.74) is 37.2. The molecule has 628 valence electrons. The van der Waals surface area contributed by atoms with E-state index >= 15 is 0 Å². The summed E-state index contributed by atoms with van der Waals surface area (Å²) in [5.74, 6) is 0. The van der Waals surface area contributed by atoms with Crippen molar-refractivity contribution in [1.82, 2.24) is 0 Å². The standard InChI is InChI=1S/C134H82N2/c1-2-30-83(31-3-1)91-72-92(75-96(74-91)136(95-68-70-108-103-42-11-10-40-101(103)102-41-12-13-43-104(102)117(108)78-95)132-82-130-120(80-122(132)100-53-29-37-88-34-7-9-39-98(88)100)115-51-21-27-59-128(115)134(130)125-56-24-18-48-112(125)113-49-19-25-57-126(113)134)86-62-60-85(61-63-86)90-65-69-107-109-71-67-94(77-118(109)106-45-15-14-44-105(106)116(107)76-90)135(93-66-64-84-32-4-5-35-89(84)73-93)131-81-129-119(79-121(131)99-52-28-36-87-33-6-8-38-97(87)99)114-50-20-26-58-127(114)133(129)123-54-22-16-46-110(123)111-47-17-23-55-124(111)133/h1-82H. The van der Waals surface area contributed by atoms with Crippen LogP contribution in [0.3, 0.4) is 0 Å². The van der Waals surface area contributed by atoms with Crippen molar-refractivity contribution in [2.75, 3.05) is 9.80 Å². The van der Waals surface area contributed by atoms with Gasteiger partial charge in [0.2, 0.25) is 0 Å². The van der Waals surface area contributed by atoms with Crippen molar-refractivity contribution >= 4 is 131 Å². The summed E-state index contributed by atoms with van der Waals surface area (Å²) in [4.78, 5) is 5.21. The van der Waals surface area contributed by atoms with E-state index < -0.39 is 10.8 Å². The first kappa shape index (κ1) is 76.2. The lowest BCUT2D eigenvalue weighted by molar-refractivity contribution is 0.794. The summed E-state index contributed by atoms with van der Waals surface area (Å²) in [6.07, 6.45) is 0. The van der Waals surface area contributed by atoms with E-state index in [1.54, 1.807) is 0 Å². The molecule has 136 heavy (non-hydrogen) atoms. The molecule has 25 aromatic rings. The lowest BCUT2D eigenvalue weighted by Crippen LogP contribution is -2.26. The molecule has 0 fully saturated rings. The number of fused-ring (bicyclic) bond motifs is 35. The first-order valence-corrected chi connectivity index (χ1v) is 47.5. The van der Waals surface area contributed by atoms with Crippen LogP contribution in [-0.2, 0) is 10.8 Å². The van der Waals surface area contributed by atoms with E-state index in [1.165, 1.54) is 197 Å². The summed E-state index contributed by atoms with van der Waals surface area (Å²) in [6.45, 7) is 0. The smallest absolute Gasteiger partial charge is 0.0726 e. The average molecular weight is 1720 g/mol. The van der Waals surface area contributed by atoms with Crippen LogP contribution in [0.4, 0.5) is 34.1 Å². The number of nitrogens with zero attached hydrogens (tertiary/aromatic N) is 2. The van der Waals surface area contributed by atoms with Crippen LogP contribution in [0.1, 0.15) is 44.5 Å². The molecular weight excluding hydrogens is 1640 g/mol. The molecule has 0 aromatic heterocycles. The van der Waals surface area contributed by atoms with Crippen molar-refractivity contribution in [1.29, 1.82) is 0 Å². The average Bonchev–Trinajstić information content (AvgIpc) is 1.51. The van der Waals surface area contributed by atoms with Gasteiger partial charge in [0.25, 0.3) is 0 Å². The van der Waals surface area contributed by atoms with Gasteiger partial charge in [0.1, 0.15) is 0 Å². The van der Waals surface area contributed by atoms with Gasteiger partial charge >= 0.3 is 0 Å². The number of hydrogen-bond donors (Lipinski definition) is 0. The SMILES string of the molecule is c1ccc(-c2cc(-c3ccc(-c4ccc5c6ccc(N(c7ccc8ccccc8c7)c7cc8c(cc7-c7cccc9ccccc79)-c7ccccc7C87c8ccccc8-c8ccccc87)cc6c6ccccc6c5c4)cc3)cc(N(c3ccc4c5ccccc5c5ccccc5c4c3)c3cc4c(cc3-c3cccc5ccccc35)-c3ccccc3C43c4ccccc4-c4ccccc43)c2)cc1. The molecule has 0 radical (unpaired) electrons. The van der Waals surface area contributed by atoms with Crippen LogP contribution >= 0.6 is 0 Å². The minimum absolute atomic E-state index is 0.582. The molecule has 0 N–H and O–H groups in total. The van der Waals surface area contributed by atoms with Crippen molar-refractivity contribution in [3.05, 3.63) is 542 Å². The van der Waals surface area contributed by atoms with Crippen LogP contribution in [0.25, 0.3) is 197 Å². The fourth-order valence-electron chi connectivity index (χ4n) is 25.0. The van der Waals surface area contributed by atoms with Crippen LogP contribution < -0.4 is 9.80 Å². The Morgan fingerprint density at radius 3 is 0.838 bits per heavy atom. The monoisotopic (exact) mass is 1720 g/mol. The predicted octanol–water partition coefficient (Wildman–Crippen LogP) is 36.0. The third-order valence-corrected chi connectivity index (χ3v) is 30.8. The second-order valence-corrected chi connectivity index (χ2v) is 37.4. The molecule has 4 aliphatic carbocycles. The molecule has 0 unspecified atom stereocenters. The lowest BCUT2D eigenvalue weighted by atomic mass is 9.70. The summed E-state index contributed by atoms with van der Waals surface area (Å²) in [6, 6.07) is 190. The molecule has 0 amide bonds. The number of anilines is 6. The van der Waals surface area contributed by atoms with E-state index in [0.717, 1.165) is 78.6 Å². The molecule has 2 heteroatoms. The third kappa shape index (κ3) is 11.0. The van der Waals surface area contributed by atoms with E-state index in [2.05, 4.69) is 507 Å². The van der Waals surface area contributed by atoms with Gasteiger partial charge in [-0.1, -0.05) is 413 Å². The van der Waals surface area contributed by atoms with E-state index in [9.17, 15) is 0 Å². The van der Waals surface area contributed by atoms with Gasteiger partial charge in [-0.15, -0.1) is 0 Å². The maximum atomic E-state index is 2.62. The molecule has 4 aliphatic rings. The molecule has 0 heterocycles. The number of hydrogen-bond acceptors (Lipinski definition) is 2. The van der Waals surface area contributed by atoms with Gasteiger partial charge in [-0.25, -0.2) is 0 Å². The Hall–Kier alpha value is -17.6. The molecular formula is C134H82N2. The fourth-order valence-corrected chi connectivity index (χ4v) is 25.0. The summed E-state index contributed by atoms with van der Waals surface area (Å²) in [7, 11) is 0. The van der Waals surface area contributed by atoms with Gasteiger partial charge in [0.05, 0.1) is 22.2 Å². The van der Waals surface area contributed by atoms with Gasteiger partial charge in [-0.05, 0) is 315 Å². The highest BCUT2D eigenvalue weighted by Gasteiger charge is 2.54. The Kier molecular flexibility index (Phi) is 16.5. The number of rotatable bonds is 11. The van der Waals surface area contributed by atoms with E-state index in [0.29, 0.717) is 0 Å². The highest BCUT2D eigenvalue weighted by atomic mass is 15.2.